The van der Waals surface area contributed by atoms with Crippen LogP contribution in [0.3, 0.4) is 0 Å². The lowest BCUT2D eigenvalue weighted by Gasteiger charge is -2.31. The summed E-state index contributed by atoms with van der Waals surface area (Å²) in [4.78, 5) is 13.7. The Balaban J connectivity index is 1.89. The number of benzene rings is 1. The van der Waals surface area contributed by atoms with Gasteiger partial charge in [0, 0.05) is 30.8 Å². The van der Waals surface area contributed by atoms with E-state index >= 15 is 0 Å². The summed E-state index contributed by atoms with van der Waals surface area (Å²) in [5.74, 6) is -0.566. The fourth-order valence-corrected chi connectivity index (χ4v) is 3.24. The van der Waals surface area contributed by atoms with E-state index in [1.54, 1.807) is 23.1 Å². The fraction of sp³-hybridized carbons (Fsp3) is 0.400. The highest BCUT2D eigenvalue weighted by Gasteiger charge is 2.23. The van der Waals surface area contributed by atoms with Crippen molar-refractivity contribution in [2.75, 3.05) is 19.3 Å². The molecule has 0 aromatic heterocycles. The molecule has 0 atom stereocenters. The van der Waals surface area contributed by atoms with E-state index in [9.17, 15) is 17.6 Å². The highest BCUT2D eigenvalue weighted by Crippen LogP contribution is 2.13. The summed E-state index contributed by atoms with van der Waals surface area (Å²) in [7, 11) is -3.22. The maximum Gasteiger partial charge on any atom is 0.246 e. The minimum Gasteiger partial charge on any atom is -0.339 e. The predicted molar refractivity (Wildman–Crippen MR) is 83.0 cm³/mol. The van der Waals surface area contributed by atoms with Crippen LogP contribution in [-0.2, 0) is 14.8 Å². The van der Waals surface area contributed by atoms with Crippen LogP contribution in [-0.4, -0.2) is 44.6 Å². The smallest absolute Gasteiger partial charge is 0.246 e. The van der Waals surface area contributed by atoms with E-state index in [0.717, 1.165) is 6.26 Å². The van der Waals surface area contributed by atoms with E-state index in [4.69, 9.17) is 0 Å². The second-order valence-corrected chi connectivity index (χ2v) is 7.12. The molecule has 1 saturated heterocycles. The zero-order valence-corrected chi connectivity index (χ0v) is 13.1. The SMILES string of the molecule is CS(=O)(=O)NC1CCN(C(=O)C=Cc2ccccc2F)CC1. The van der Waals surface area contributed by atoms with Crippen molar-refractivity contribution in [2.45, 2.75) is 18.9 Å². The molecule has 1 heterocycles. The summed E-state index contributed by atoms with van der Waals surface area (Å²) in [5.41, 5.74) is 0.365. The van der Waals surface area contributed by atoms with Gasteiger partial charge in [0.15, 0.2) is 0 Å². The number of amides is 1. The monoisotopic (exact) mass is 326 g/mol. The van der Waals surface area contributed by atoms with Crippen molar-refractivity contribution >= 4 is 22.0 Å². The van der Waals surface area contributed by atoms with E-state index < -0.39 is 10.0 Å². The molecule has 1 amide bonds. The molecule has 0 spiro atoms. The number of sulfonamides is 1. The summed E-state index contributed by atoms with van der Waals surface area (Å²) in [6, 6.07) is 6.10. The molecule has 0 bridgehead atoms. The second-order valence-electron chi connectivity index (χ2n) is 5.34. The highest BCUT2D eigenvalue weighted by molar-refractivity contribution is 7.88. The largest absolute Gasteiger partial charge is 0.339 e. The highest BCUT2D eigenvalue weighted by atomic mass is 32.2. The Kier molecular flexibility index (Phi) is 5.31. The first kappa shape index (κ1) is 16.6. The van der Waals surface area contributed by atoms with Gasteiger partial charge < -0.3 is 4.90 Å². The van der Waals surface area contributed by atoms with Crippen LogP contribution in [0.2, 0.25) is 0 Å². The van der Waals surface area contributed by atoms with Gasteiger partial charge in [0.2, 0.25) is 15.9 Å². The number of carbonyl (C=O) groups excluding carboxylic acids is 1. The lowest BCUT2D eigenvalue weighted by molar-refractivity contribution is -0.126. The first-order valence-electron chi connectivity index (χ1n) is 7.04. The maximum atomic E-state index is 13.4. The normalized spacial score (nSPS) is 17.1. The third-order valence-electron chi connectivity index (χ3n) is 3.50. The van der Waals surface area contributed by atoms with Gasteiger partial charge in [0.05, 0.1) is 6.26 Å². The number of nitrogens with zero attached hydrogens (tertiary/aromatic N) is 1. The van der Waals surface area contributed by atoms with Crippen molar-refractivity contribution in [3.8, 4) is 0 Å². The van der Waals surface area contributed by atoms with Crippen LogP contribution in [0.25, 0.3) is 6.08 Å². The van der Waals surface area contributed by atoms with Crippen molar-refractivity contribution in [3.05, 3.63) is 41.7 Å². The Labute approximate surface area is 129 Å². The van der Waals surface area contributed by atoms with Gasteiger partial charge in [-0.2, -0.15) is 0 Å². The van der Waals surface area contributed by atoms with Crippen molar-refractivity contribution in [3.63, 3.8) is 0 Å². The summed E-state index contributed by atoms with van der Waals surface area (Å²) < 4.78 is 38.3. The van der Waals surface area contributed by atoms with Gasteiger partial charge in [-0.05, 0) is 25.0 Å². The molecule has 1 aromatic rings. The number of hydrogen-bond donors (Lipinski definition) is 1. The molecule has 1 aromatic carbocycles. The first-order chi connectivity index (χ1) is 10.3. The zero-order chi connectivity index (χ0) is 16.2. The van der Waals surface area contributed by atoms with Gasteiger partial charge in [-0.25, -0.2) is 17.5 Å². The molecule has 5 nitrogen and oxygen atoms in total. The Hall–Kier alpha value is -1.73. The molecule has 0 aliphatic carbocycles. The number of likely N-dealkylation sites (tertiary alicyclic amines) is 1. The topological polar surface area (TPSA) is 66.5 Å². The Bertz CT molecular complexity index is 665. The maximum absolute atomic E-state index is 13.4. The quantitative estimate of drug-likeness (QED) is 0.850. The number of halogens is 1. The van der Waals surface area contributed by atoms with E-state index in [1.807, 2.05) is 0 Å². The molecular formula is C15H19FN2O3S. The number of piperidine rings is 1. The molecular weight excluding hydrogens is 307 g/mol. The molecule has 22 heavy (non-hydrogen) atoms. The molecule has 0 radical (unpaired) electrons. The molecule has 1 aliphatic rings. The summed E-state index contributed by atoms with van der Waals surface area (Å²) in [5, 5.41) is 0. The molecule has 2 rings (SSSR count). The summed E-state index contributed by atoms with van der Waals surface area (Å²) in [6.45, 7) is 0.960. The van der Waals surface area contributed by atoms with Gasteiger partial charge in [-0.1, -0.05) is 18.2 Å². The molecule has 1 N–H and O–H groups in total. The van der Waals surface area contributed by atoms with E-state index in [0.29, 0.717) is 31.5 Å². The van der Waals surface area contributed by atoms with Crippen molar-refractivity contribution < 1.29 is 17.6 Å². The van der Waals surface area contributed by atoms with Crippen LogP contribution in [0.1, 0.15) is 18.4 Å². The predicted octanol–water partition coefficient (Wildman–Crippen LogP) is 1.38. The van der Waals surface area contributed by atoms with Crippen LogP contribution in [0.5, 0.6) is 0 Å². The second kappa shape index (κ2) is 7.02. The van der Waals surface area contributed by atoms with Crippen LogP contribution >= 0.6 is 0 Å². The Morgan fingerprint density at radius 2 is 1.95 bits per heavy atom. The Morgan fingerprint density at radius 1 is 1.32 bits per heavy atom. The average molecular weight is 326 g/mol. The first-order valence-corrected chi connectivity index (χ1v) is 8.93. The summed E-state index contributed by atoms with van der Waals surface area (Å²) >= 11 is 0. The van der Waals surface area contributed by atoms with Crippen molar-refractivity contribution in [1.82, 2.24) is 9.62 Å². The molecule has 7 heteroatoms. The minimum absolute atomic E-state index is 0.130. The standard InChI is InChI=1S/C15H19FN2O3S/c1-22(20,21)17-13-8-10-18(11-9-13)15(19)7-6-12-4-2-3-5-14(12)16/h2-7,13,17H,8-11H2,1H3. The van der Waals surface area contributed by atoms with Gasteiger partial charge in [0.25, 0.3) is 0 Å². The van der Waals surface area contributed by atoms with E-state index in [-0.39, 0.29) is 17.8 Å². The third-order valence-corrected chi connectivity index (χ3v) is 4.26. The van der Waals surface area contributed by atoms with Gasteiger partial charge in [-0.15, -0.1) is 0 Å². The van der Waals surface area contributed by atoms with Crippen molar-refractivity contribution in [1.29, 1.82) is 0 Å². The lowest BCUT2D eigenvalue weighted by atomic mass is 10.1. The molecule has 120 valence electrons. The van der Waals surface area contributed by atoms with Crippen LogP contribution in [0, 0.1) is 5.82 Å². The molecule has 0 unspecified atom stereocenters. The minimum atomic E-state index is -3.22. The fourth-order valence-electron chi connectivity index (χ4n) is 2.40. The third kappa shape index (κ3) is 4.92. The number of carbonyl (C=O) groups is 1. The zero-order valence-electron chi connectivity index (χ0n) is 12.3. The van der Waals surface area contributed by atoms with Gasteiger partial charge in [-0.3, -0.25) is 4.79 Å². The van der Waals surface area contributed by atoms with Gasteiger partial charge in [0.1, 0.15) is 5.82 Å². The van der Waals surface area contributed by atoms with Crippen LogP contribution in [0.15, 0.2) is 30.3 Å². The number of nitrogens with one attached hydrogen (secondary N) is 1. The number of rotatable bonds is 4. The van der Waals surface area contributed by atoms with Crippen molar-refractivity contribution in [2.24, 2.45) is 0 Å². The number of hydrogen-bond acceptors (Lipinski definition) is 3. The molecule has 1 aliphatic heterocycles. The lowest BCUT2D eigenvalue weighted by Crippen LogP contribution is -2.45. The molecule has 0 saturated carbocycles. The van der Waals surface area contributed by atoms with Crippen LogP contribution in [0.4, 0.5) is 4.39 Å². The van der Waals surface area contributed by atoms with Gasteiger partial charge >= 0.3 is 0 Å². The Morgan fingerprint density at radius 3 is 2.55 bits per heavy atom. The average Bonchev–Trinajstić information content (AvgIpc) is 2.45. The molecule has 1 fully saturated rings. The van der Waals surface area contributed by atoms with E-state index in [1.165, 1.54) is 18.2 Å². The van der Waals surface area contributed by atoms with E-state index in [2.05, 4.69) is 4.72 Å². The summed E-state index contributed by atoms with van der Waals surface area (Å²) in [6.07, 6.45) is 5.08. The van der Waals surface area contributed by atoms with Crippen LogP contribution < -0.4 is 4.72 Å².